The number of carbonyl (C=O) groups is 1. The molecule has 4 heteroatoms. The summed E-state index contributed by atoms with van der Waals surface area (Å²) in [6.07, 6.45) is 0. The third-order valence-corrected chi connectivity index (χ3v) is 2.91. The van der Waals surface area contributed by atoms with Crippen LogP contribution in [0, 0.1) is 0 Å². The first kappa shape index (κ1) is 14.4. The molecule has 0 fully saturated rings. The van der Waals surface area contributed by atoms with E-state index in [1.807, 2.05) is 30.3 Å². The molecule has 0 radical (unpaired) electrons. The minimum atomic E-state index is -0.410. The van der Waals surface area contributed by atoms with Crippen LogP contribution < -0.4 is 4.74 Å². The predicted molar refractivity (Wildman–Crippen MR) is 78.2 cm³/mol. The van der Waals surface area contributed by atoms with Gasteiger partial charge in [0, 0.05) is 5.02 Å². The second-order valence-corrected chi connectivity index (χ2v) is 4.57. The highest BCUT2D eigenvalue weighted by atomic mass is 35.5. The minimum Gasteiger partial charge on any atom is -0.488 e. The first-order valence-corrected chi connectivity index (χ1v) is 6.72. The Bertz CT molecular complexity index is 582. The van der Waals surface area contributed by atoms with Gasteiger partial charge in [0.15, 0.2) is 0 Å². The molecule has 3 nitrogen and oxygen atoms in total. The lowest BCUT2D eigenvalue weighted by Crippen LogP contribution is -2.08. The van der Waals surface area contributed by atoms with Crippen LogP contribution >= 0.6 is 11.6 Å². The van der Waals surface area contributed by atoms with Crippen molar-refractivity contribution >= 4 is 17.6 Å². The Morgan fingerprint density at radius 3 is 2.60 bits per heavy atom. The number of rotatable bonds is 5. The molecule has 0 aliphatic rings. The molecule has 2 aromatic carbocycles. The zero-order valence-corrected chi connectivity index (χ0v) is 11.9. The number of ether oxygens (including phenoxy) is 2. The van der Waals surface area contributed by atoms with Gasteiger partial charge in [-0.05, 0) is 30.7 Å². The van der Waals surface area contributed by atoms with E-state index in [1.54, 1.807) is 25.1 Å². The van der Waals surface area contributed by atoms with E-state index in [0.717, 1.165) is 5.56 Å². The molecule has 0 saturated heterocycles. The van der Waals surface area contributed by atoms with Gasteiger partial charge in [-0.25, -0.2) is 4.79 Å². The summed E-state index contributed by atoms with van der Waals surface area (Å²) < 4.78 is 10.7. The maximum atomic E-state index is 11.8. The molecule has 0 unspecified atom stereocenters. The van der Waals surface area contributed by atoms with Crippen molar-refractivity contribution in [1.82, 2.24) is 0 Å². The van der Waals surface area contributed by atoms with Crippen LogP contribution in [0.2, 0.25) is 5.02 Å². The van der Waals surface area contributed by atoms with Crippen LogP contribution in [-0.2, 0) is 11.3 Å². The van der Waals surface area contributed by atoms with Crippen LogP contribution in [0.1, 0.15) is 22.8 Å². The fourth-order valence-electron chi connectivity index (χ4n) is 1.73. The molecule has 0 aliphatic carbocycles. The van der Waals surface area contributed by atoms with Crippen LogP contribution in [0.4, 0.5) is 0 Å². The van der Waals surface area contributed by atoms with Gasteiger partial charge >= 0.3 is 5.97 Å². The molecule has 0 N–H and O–H groups in total. The lowest BCUT2D eigenvalue weighted by Gasteiger charge is -2.11. The van der Waals surface area contributed by atoms with E-state index in [9.17, 15) is 4.79 Å². The Morgan fingerprint density at radius 2 is 1.90 bits per heavy atom. The van der Waals surface area contributed by atoms with Crippen molar-refractivity contribution in [3.63, 3.8) is 0 Å². The van der Waals surface area contributed by atoms with Gasteiger partial charge in [0.05, 0.1) is 6.61 Å². The third-order valence-electron chi connectivity index (χ3n) is 2.68. The third kappa shape index (κ3) is 3.75. The molecule has 0 amide bonds. The van der Waals surface area contributed by atoms with Crippen molar-refractivity contribution < 1.29 is 14.3 Å². The molecule has 0 heterocycles. The molecule has 20 heavy (non-hydrogen) atoms. The summed E-state index contributed by atoms with van der Waals surface area (Å²) in [5.74, 6) is 0.0204. The monoisotopic (exact) mass is 290 g/mol. The second kappa shape index (κ2) is 6.96. The number of benzene rings is 2. The van der Waals surface area contributed by atoms with Gasteiger partial charge < -0.3 is 9.47 Å². The number of esters is 1. The molecule has 0 bridgehead atoms. The standard InChI is InChI=1S/C16H15ClO3/c1-2-19-16(18)14-9-8-13(17)10-15(14)20-11-12-6-4-3-5-7-12/h3-10H,2,11H2,1H3. The predicted octanol–water partition coefficient (Wildman–Crippen LogP) is 4.10. The quantitative estimate of drug-likeness (QED) is 0.778. The first-order valence-electron chi connectivity index (χ1n) is 6.34. The topological polar surface area (TPSA) is 35.5 Å². The minimum absolute atomic E-state index is 0.319. The fraction of sp³-hybridized carbons (Fsp3) is 0.188. The van der Waals surface area contributed by atoms with Crippen molar-refractivity contribution in [2.45, 2.75) is 13.5 Å². The van der Waals surface area contributed by atoms with Crippen LogP contribution in [0.3, 0.4) is 0 Å². The zero-order valence-electron chi connectivity index (χ0n) is 11.1. The summed E-state index contributed by atoms with van der Waals surface area (Å²) in [7, 11) is 0. The number of halogens is 1. The van der Waals surface area contributed by atoms with Gasteiger partial charge in [0.25, 0.3) is 0 Å². The first-order chi connectivity index (χ1) is 9.70. The van der Waals surface area contributed by atoms with Crippen molar-refractivity contribution in [2.75, 3.05) is 6.61 Å². The molecule has 0 atom stereocenters. The molecule has 0 saturated carbocycles. The Labute approximate surface area is 123 Å². The average Bonchev–Trinajstić information content (AvgIpc) is 2.46. The van der Waals surface area contributed by atoms with Crippen molar-refractivity contribution in [1.29, 1.82) is 0 Å². The van der Waals surface area contributed by atoms with Gasteiger partial charge in [-0.1, -0.05) is 41.9 Å². The largest absolute Gasteiger partial charge is 0.488 e. The molecule has 104 valence electrons. The van der Waals surface area contributed by atoms with Crippen molar-refractivity contribution in [3.8, 4) is 5.75 Å². The van der Waals surface area contributed by atoms with Crippen LogP contribution in [-0.4, -0.2) is 12.6 Å². The van der Waals surface area contributed by atoms with E-state index in [1.165, 1.54) is 0 Å². The Kier molecular flexibility index (Phi) is 5.02. The summed E-state index contributed by atoms with van der Waals surface area (Å²) in [6.45, 7) is 2.45. The maximum absolute atomic E-state index is 11.8. The Hall–Kier alpha value is -2.00. The molecule has 0 spiro atoms. The van der Waals surface area contributed by atoms with Crippen LogP contribution in [0.15, 0.2) is 48.5 Å². The molecule has 2 aromatic rings. The van der Waals surface area contributed by atoms with Crippen molar-refractivity contribution in [2.24, 2.45) is 0 Å². The van der Waals surface area contributed by atoms with Crippen LogP contribution in [0.25, 0.3) is 0 Å². The highest BCUT2D eigenvalue weighted by molar-refractivity contribution is 6.30. The van der Waals surface area contributed by atoms with Gasteiger partial charge in [0.1, 0.15) is 17.9 Å². The van der Waals surface area contributed by atoms with E-state index in [4.69, 9.17) is 21.1 Å². The zero-order chi connectivity index (χ0) is 14.4. The SMILES string of the molecule is CCOC(=O)c1ccc(Cl)cc1OCc1ccccc1. The van der Waals surface area contributed by atoms with Crippen molar-refractivity contribution in [3.05, 3.63) is 64.7 Å². The van der Waals surface area contributed by atoms with Gasteiger partial charge in [-0.3, -0.25) is 0 Å². The van der Waals surface area contributed by atoms with E-state index in [2.05, 4.69) is 0 Å². The van der Waals surface area contributed by atoms with E-state index < -0.39 is 5.97 Å². The normalized spacial score (nSPS) is 10.1. The fourth-order valence-corrected chi connectivity index (χ4v) is 1.89. The maximum Gasteiger partial charge on any atom is 0.341 e. The average molecular weight is 291 g/mol. The van der Waals surface area contributed by atoms with Crippen LogP contribution in [0.5, 0.6) is 5.75 Å². The summed E-state index contributed by atoms with van der Waals surface area (Å²) in [4.78, 5) is 11.8. The highest BCUT2D eigenvalue weighted by Crippen LogP contribution is 2.25. The second-order valence-electron chi connectivity index (χ2n) is 4.14. The van der Waals surface area contributed by atoms with E-state index in [0.29, 0.717) is 29.5 Å². The number of hydrogen-bond acceptors (Lipinski definition) is 3. The number of hydrogen-bond donors (Lipinski definition) is 0. The summed E-state index contributed by atoms with van der Waals surface area (Å²) in [5, 5.41) is 0.515. The molecule has 2 rings (SSSR count). The summed E-state index contributed by atoms with van der Waals surface area (Å²) in [5.41, 5.74) is 1.40. The smallest absolute Gasteiger partial charge is 0.341 e. The Morgan fingerprint density at radius 1 is 1.15 bits per heavy atom. The summed E-state index contributed by atoms with van der Waals surface area (Å²) in [6, 6.07) is 14.6. The van der Waals surface area contributed by atoms with E-state index >= 15 is 0 Å². The molecule has 0 aliphatic heterocycles. The van der Waals surface area contributed by atoms with Gasteiger partial charge in [-0.2, -0.15) is 0 Å². The van der Waals surface area contributed by atoms with E-state index in [-0.39, 0.29) is 0 Å². The lowest BCUT2D eigenvalue weighted by atomic mass is 10.2. The lowest BCUT2D eigenvalue weighted by molar-refractivity contribution is 0.0521. The summed E-state index contributed by atoms with van der Waals surface area (Å²) >= 11 is 5.95. The Balaban J connectivity index is 2.17. The van der Waals surface area contributed by atoms with Gasteiger partial charge in [0.2, 0.25) is 0 Å². The molecule has 0 aromatic heterocycles. The molecular weight excluding hydrogens is 276 g/mol. The molecular formula is C16H15ClO3. The number of carbonyl (C=O) groups excluding carboxylic acids is 1. The van der Waals surface area contributed by atoms with Gasteiger partial charge in [-0.15, -0.1) is 0 Å². The highest BCUT2D eigenvalue weighted by Gasteiger charge is 2.14.